The fourth-order valence-electron chi connectivity index (χ4n) is 5.26. The second kappa shape index (κ2) is 10.7. The van der Waals surface area contributed by atoms with Crippen LogP contribution in [-0.2, 0) is 14.3 Å². The average molecular weight is 465 g/mol. The first-order valence-corrected chi connectivity index (χ1v) is 12.1. The van der Waals surface area contributed by atoms with Crippen LogP contribution in [0.4, 0.5) is 4.79 Å². The van der Waals surface area contributed by atoms with Gasteiger partial charge in [0.05, 0.1) is 11.8 Å². The number of ether oxygens (including phenoxy) is 1. The Hall–Kier alpha value is -3.35. The normalized spacial score (nSPS) is 19.7. The van der Waals surface area contributed by atoms with Gasteiger partial charge in [0.2, 0.25) is 5.91 Å². The number of aliphatic carboxylic acids is 1. The van der Waals surface area contributed by atoms with Crippen LogP contribution in [0, 0.1) is 17.8 Å². The molecule has 0 radical (unpaired) electrons. The molecule has 0 bridgehead atoms. The number of carbonyl (C=O) groups excluding carboxylic acids is 2. The van der Waals surface area contributed by atoms with Gasteiger partial charge in [-0.2, -0.15) is 0 Å². The van der Waals surface area contributed by atoms with Crippen LogP contribution in [0.5, 0.6) is 0 Å². The molecule has 4 rings (SSSR count). The Labute approximate surface area is 199 Å². The molecule has 2 aromatic carbocycles. The van der Waals surface area contributed by atoms with Crippen LogP contribution in [-0.4, -0.2) is 42.8 Å². The van der Waals surface area contributed by atoms with E-state index in [2.05, 4.69) is 34.9 Å². The smallest absolute Gasteiger partial charge is 0.407 e. The monoisotopic (exact) mass is 464 g/mol. The van der Waals surface area contributed by atoms with Crippen molar-refractivity contribution in [3.8, 4) is 11.1 Å². The van der Waals surface area contributed by atoms with Gasteiger partial charge >= 0.3 is 12.1 Å². The summed E-state index contributed by atoms with van der Waals surface area (Å²) in [5.41, 5.74) is 4.63. The first kappa shape index (κ1) is 23.8. The standard InChI is InChI=1S/C27H32N2O5/c1-2-17(25(30)28-15-18-8-7-13-19(18)26(31)32)14-29-27(33)34-16-24-22-11-5-3-9-20(22)21-10-4-6-12-23(21)24/h3-6,9-12,17-19,24H,2,7-8,13-16H2,1H3,(H,28,30)(H,29,33)(H,31,32)/t17?,18-,19-/m0/s1. The lowest BCUT2D eigenvalue weighted by Crippen LogP contribution is -2.41. The Kier molecular flexibility index (Phi) is 7.50. The molecule has 2 amide bonds. The number of fused-ring (bicyclic) bond motifs is 3. The van der Waals surface area contributed by atoms with E-state index >= 15 is 0 Å². The van der Waals surface area contributed by atoms with Crippen LogP contribution in [0.3, 0.4) is 0 Å². The maximum atomic E-state index is 12.6. The molecule has 0 saturated heterocycles. The van der Waals surface area contributed by atoms with E-state index in [1.54, 1.807) is 0 Å². The van der Waals surface area contributed by atoms with Gasteiger partial charge in [-0.15, -0.1) is 0 Å². The summed E-state index contributed by atoms with van der Waals surface area (Å²) in [7, 11) is 0. The zero-order valence-corrected chi connectivity index (χ0v) is 19.5. The van der Waals surface area contributed by atoms with Gasteiger partial charge < -0.3 is 20.5 Å². The molecule has 1 saturated carbocycles. The minimum atomic E-state index is -0.791. The summed E-state index contributed by atoms with van der Waals surface area (Å²) >= 11 is 0. The molecule has 2 aromatic rings. The molecule has 1 unspecified atom stereocenters. The Morgan fingerprint density at radius 2 is 1.65 bits per heavy atom. The topological polar surface area (TPSA) is 105 Å². The van der Waals surface area contributed by atoms with E-state index in [0.29, 0.717) is 19.4 Å². The highest BCUT2D eigenvalue weighted by molar-refractivity contribution is 5.80. The highest BCUT2D eigenvalue weighted by atomic mass is 16.5. The number of nitrogens with one attached hydrogen (secondary N) is 2. The summed E-state index contributed by atoms with van der Waals surface area (Å²) in [4.78, 5) is 36.4. The molecule has 2 aliphatic carbocycles. The quantitative estimate of drug-likeness (QED) is 0.517. The number of alkyl carbamates (subject to hydrolysis) is 1. The Morgan fingerprint density at radius 3 is 2.26 bits per heavy atom. The van der Waals surface area contributed by atoms with Gasteiger partial charge in [-0.25, -0.2) is 4.79 Å². The molecule has 0 heterocycles. The SMILES string of the molecule is CCC(CNC(=O)OCC1c2ccccc2-c2ccccc21)C(=O)NC[C@@H]1CCC[C@@H]1C(=O)O. The number of carboxylic acids is 1. The first-order chi connectivity index (χ1) is 16.5. The van der Waals surface area contributed by atoms with Crippen molar-refractivity contribution in [2.45, 2.75) is 38.5 Å². The average Bonchev–Trinajstić information content (AvgIpc) is 3.45. The highest BCUT2D eigenvalue weighted by Crippen LogP contribution is 2.44. The van der Waals surface area contributed by atoms with Crippen LogP contribution in [0.25, 0.3) is 11.1 Å². The fraction of sp³-hybridized carbons (Fsp3) is 0.444. The van der Waals surface area contributed by atoms with E-state index in [1.807, 2.05) is 31.2 Å². The van der Waals surface area contributed by atoms with Gasteiger partial charge in [-0.3, -0.25) is 9.59 Å². The van der Waals surface area contributed by atoms with Crippen LogP contribution in [0.2, 0.25) is 0 Å². The second-order valence-electron chi connectivity index (χ2n) is 9.19. The largest absolute Gasteiger partial charge is 0.481 e. The number of hydrogen-bond acceptors (Lipinski definition) is 4. The number of rotatable bonds is 9. The zero-order chi connectivity index (χ0) is 24.1. The molecule has 0 aliphatic heterocycles. The van der Waals surface area contributed by atoms with E-state index in [4.69, 9.17) is 4.74 Å². The summed E-state index contributed by atoms with van der Waals surface area (Å²) in [6.45, 7) is 2.64. The van der Waals surface area contributed by atoms with Crippen LogP contribution in [0.1, 0.15) is 49.7 Å². The van der Waals surface area contributed by atoms with Gasteiger partial charge in [-0.1, -0.05) is 61.9 Å². The van der Waals surface area contributed by atoms with Gasteiger partial charge in [0.25, 0.3) is 0 Å². The Balaban J connectivity index is 1.26. The first-order valence-electron chi connectivity index (χ1n) is 12.1. The van der Waals surface area contributed by atoms with E-state index in [-0.39, 0.29) is 36.8 Å². The molecule has 0 spiro atoms. The third-order valence-electron chi connectivity index (χ3n) is 7.21. The van der Waals surface area contributed by atoms with Crippen LogP contribution < -0.4 is 10.6 Å². The summed E-state index contributed by atoms with van der Waals surface area (Å²) in [5.74, 6) is -1.80. The number of carbonyl (C=O) groups is 3. The summed E-state index contributed by atoms with van der Waals surface area (Å²) in [6, 6.07) is 16.3. The molecular formula is C27H32N2O5. The molecule has 3 atom stereocenters. The highest BCUT2D eigenvalue weighted by Gasteiger charge is 2.33. The van der Waals surface area contributed by atoms with Gasteiger partial charge in [0.1, 0.15) is 6.61 Å². The summed E-state index contributed by atoms with van der Waals surface area (Å²) in [6.07, 6.45) is 2.36. The molecule has 34 heavy (non-hydrogen) atoms. The van der Waals surface area contributed by atoms with Crippen molar-refractivity contribution in [2.24, 2.45) is 17.8 Å². The number of carboxylic acid groups (broad SMARTS) is 1. The van der Waals surface area contributed by atoms with Crippen molar-refractivity contribution in [2.75, 3.05) is 19.7 Å². The van der Waals surface area contributed by atoms with Gasteiger partial charge in [0.15, 0.2) is 0 Å². The van der Waals surface area contributed by atoms with Crippen molar-refractivity contribution in [1.29, 1.82) is 0 Å². The van der Waals surface area contributed by atoms with E-state index in [9.17, 15) is 19.5 Å². The summed E-state index contributed by atoms with van der Waals surface area (Å²) in [5, 5.41) is 14.9. The Morgan fingerprint density at radius 1 is 1.00 bits per heavy atom. The van der Waals surface area contributed by atoms with E-state index < -0.39 is 18.0 Å². The van der Waals surface area contributed by atoms with E-state index in [0.717, 1.165) is 24.0 Å². The van der Waals surface area contributed by atoms with Crippen LogP contribution >= 0.6 is 0 Å². The molecular weight excluding hydrogens is 432 g/mol. The molecule has 0 aromatic heterocycles. The van der Waals surface area contributed by atoms with Crippen molar-refractivity contribution in [3.63, 3.8) is 0 Å². The Bertz CT molecular complexity index is 1010. The minimum Gasteiger partial charge on any atom is -0.481 e. The lowest BCUT2D eigenvalue weighted by molar-refractivity contribution is -0.143. The third-order valence-corrected chi connectivity index (χ3v) is 7.21. The lowest BCUT2D eigenvalue weighted by Gasteiger charge is -2.20. The number of benzene rings is 2. The third kappa shape index (κ3) is 5.08. The predicted octanol–water partition coefficient (Wildman–Crippen LogP) is 4.17. The van der Waals surface area contributed by atoms with Gasteiger partial charge in [0, 0.05) is 19.0 Å². The van der Waals surface area contributed by atoms with Crippen molar-refractivity contribution in [3.05, 3.63) is 59.7 Å². The van der Waals surface area contributed by atoms with Crippen molar-refractivity contribution < 1.29 is 24.2 Å². The fourth-order valence-corrected chi connectivity index (χ4v) is 5.26. The van der Waals surface area contributed by atoms with Gasteiger partial charge in [-0.05, 0) is 47.4 Å². The maximum Gasteiger partial charge on any atom is 0.407 e. The van der Waals surface area contributed by atoms with Crippen molar-refractivity contribution in [1.82, 2.24) is 10.6 Å². The minimum absolute atomic E-state index is 0.0167. The summed E-state index contributed by atoms with van der Waals surface area (Å²) < 4.78 is 5.55. The molecule has 3 N–H and O–H groups in total. The van der Waals surface area contributed by atoms with Crippen LogP contribution in [0.15, 0.2) is 48.5 Å². The van der Waals surface area contributed by atoms with Crippen molar-refractivity contribution >= 4 is 18.0 Å². The zero-order valence-electron chi connectivity index (χ0n) is 19.5. The molecule has 1 fully saturated rings. The number of amides is 2. The lowest BCUT2D eigenvalue weighted by atomic mass is 9.96. The van der Waals surface area contributed by atoms with E-state index in [1.165, 1.54) is 11.1 Å². The molecule has 7 heteroatoms. The maximum absolute atomic E-state index is 12.6. The predicted molar refractivity (Wildman–Crippen MR) is 128 cm³/mol. The second-order valence-corrected chi connectivity index (χ2v) is 9.19. The molecule has 7 nitrogen and oxygen atoms in total. The molecule has 2 aliphatic rings. The molecule has 180 valence electrons. The number of hydrogen-bond donors (Lipinski definition) is 3.